The average molecular weight is 234 g/mol. The lowest BCUT2D eigenvalue weighted by Gasteiger charge is -2.04. The summed E-state index contributed by atoms with van der Waals surface area (Å²) >= 11 is 1.07. The third kappa shape index (κ3) is 2.20. The summed E-state index contributed by atoms with van der Waals surface area (Å²) in [7, 11) is 0. The third-order valence-corrected chi connectivity index (χ3v) is 2.65. The van der Waals surface area contributed by atoms with E-state index in [4.69, 9.17) is 10.5 Å². The van der Waals surface area contributed by atoms with Gasteiger partial charge in [-0.25, -0.2) is 4.79 Å². The molecule has 0 unspecified atom stereocenters. The second kappa shape index (κ2) is 4.32. The van der Waals surface area contributed by atoms with Crippen LogP contribution in [0.3, 0.4) is 0 Å². The van der Waals surface area contributed by atoms with Gasteiger partial charge in [-0.05, 0) is 30.1 Å². The number of carbonyl (C=O) groups is 1. The Labute approximate surface area is 96.8 Å². The number of hydrogen-bond acceptors (Lipinski definition) is 5. The lowest BCUT2D eigenvalue weighted by Crippen LogP contribution is -2.09. The minimum atomic E-state index is -0.484. The van der Waals surface area contributed by atoms with Gasteiger partial charge in [0.2, 0.25) is 0 Å². The molecule has 0 aliphatic heterocycles. The number of benzene rings is 1. The first kappa shape index (κ1) is 10.6. The molecule has 0 bridgehead atoms. The highest BCUT2D eigenvalue weighted by molar-refractivity contribution is 7.10. The summed E-state index contributed by atoms with van der Waals surface area (Å²) in [6.45, 7) is 1.87. The Morgan fingerprint density at radius 2 is 2.19 bits per heavy atom. The predicted octanol–water partition coefficient (Wildman–Crippen LogP) is 2.25. The molecule has 0 spiro atoms. The zero-order valence-corrected chi connectivity index (χ0v) is 9.45. The molecule has 0 aliphatic rings. The van der Waals surface area contributed by atoms with Gasteiger partial charge in [-0.15, -0.1) is 0 Å². The molecule has 0 aliphatic carbocycles. The second-order valence-electron chi connectivity index (χ2n) is 3.27. The summed E-state index contributed by atoms with van der Waals surface area (Å²) in [5, 5.41) is 0.497. The van der Waals surface area contributed by atoms with Crippen LogP contribution in [0.15, 0.2) is 30.3 Å². The van der Waals surface area contributed by atoms with E-state index in [9.17, 15) is 4.79 Å². The number of aryl methyl sites for hydroxylation is 1. The van der Waals surface area contributed by atoms with E-state index < -0.39 is 5.97 Å². The number of hydrogen-bond donors (Lipinski definition) is 1. The van der Waals surface area contributed by atoms with Crippen LogP contribution in [0, 0.1) is 6.92 Å². The summed E-state index contributed by atoms with van der Waals surface area (Å²) in [5.74, 6) is 0.0568. The first-order chi connectivity index (χ1) is 7.66. The van der Waals surface area contributed by atoms with E-state index in [0.29, 0.717) is 10.8 Å². The number of nitrogen functional groups attached to an aromatic ring is 1. The van der Waals surface area contributed by atoms with Crippen LogP contribution in [0.25, 0.3) is 0 Å². The van der Waals surface area contributed by atoms with Gasteiger partial charge in [-0.1, -0.05) is 18.2 Å². The average Bonchev–Trinajstić information content (AvgIpc) is 2.68. The highest BCUT2D eigenvalue weighted by atomic mass is 32.1. The molecule has 0 fully saturated rings. The van der Waals surface area contributed by atoms with Gasteiger partial charge in [0, 0.05) is 6.07 Å². The zero-order chi connectivity index (χ0) is 11.5. The molecule has 1 aromatic carbocycles. The van der Waals surface area contributed by atoms with Gasteiger partial charge in [0.05, 0.1) is 0 Å². The van der Waals surface area contributed by atoms with Crippen LogP contribution in [0.5, 0.6) is 5.75 Å². The fraction of sp³-hybridized carbons (Fsp3) is 0.0909. The topological polar surface area (TPSA) is 65.2 Å². The lowest BCUT2D eigenvalue weighted by molar-refractivity contribution is 0.0729. The van der Waals surface area contributed by atoms with Crippen molar-refractivity contribution >= 4 is 22.5 Å². The monoisotopic (exact) mass is 234 g/mol. The minimum absolute atomic E-state index is 0.241. The summed E-state index contributed by atoms with van der Waals surface area (Å²) in [5.41, 5.74) is 6.63. The summed E-state index contributed by atoms with van der Waals surface area (Å²) < 4.78 is 9.08. The molecule has 5 heteroatoms. The Balaban J connectivity index is 2.17. The molecular formula is C11H10N2O2S. The molecule has 0 saturated carbocycles. The predicted molar refractivity (Wildman–Crippen MR) is 62.7 cm³/mol. The number of aromatic nitrogens is 1. The van der Waals surface area contributed by atoms with Crippen molar-refractivity contribution in [3.05, 3.63) is 41.6 Å². The molecule has 2 N–H and O–H groups in total. The molecule has 16 heavy (non-hydrogen) atoms. The van der Waals surface area contributed by atoms with E-state index in [2.05, 4.69) is 4.37 Å². The lowest BCUT2D eigenvalue weighted by atomic mass is 10.2. The smallest absolute Gasteiger partial charge is 0.363 e. The fourth-order valence-electron chi connectivity index (χ4n) is 1.21. The van der Waals surface area contributed by atoms with Crippen molar-refractivity contribution < 1.29 is 9.53 Å². The van der Waals surface area contributed by atoms with Gasteiger partial charge < -0.3 is 10.5 Å². The van der Waals surface area contributed by atoms with E-state index in [1.165, 1.54) is 6.07 Å². The molecule has 4 nitrogen and oxygen atoms in total. The molecule has 1 aromatic heterocycles. The van der Waals surface area contributed by atoms with Crippen LogP contribution in [0.2, 0.25) is 0 Å². The largest absolute Gasteiger partial charge is 0.421 e. The van der Waals surface area contributed by atoms with Crippen molar-refractivity contribution in [3.8, 4) is 5.75 Å². The van der Waals surface area contributed by atoms with E-state index in [0.717, 1.165) is 17.1 Å². The Bertz CT molecular complexity index is 522. The van der Waals surface area contributed by atoms with Crippen LogP contribution in [-0.4, -0.2) is 10.3 Å². The maximum atomic E-state index is 11.6. The van der Waals surface area contributed by atoms with Crippen molar-refractivity contribution in [2.45, 2.75) is 6.92 Å². The van der Waals surface area contributed by atoms with Gasteiger partial charge in [0.15, 0.2) is 5.69 Å². The van der Waals surface area contributed by atoms with Crippen LogP contribution in [0.1, 0.15) is 16.1 Å². The van der Waals surface area contributed by atoms with Crippen LogP contribution < -0.4 is 10.5 Å². The summed E-state index contributed by atoms with van der Waals surface area (Å²) in [6.07, 6.45) is 0. The van der Waals surface area contributed by atoms with Gasteiger partial charge in [-0.3, -0.25) is 0 Å². The van der Waals surface area contributed by atoms with Crippen molar-refractivity contribution in [3.63, 3.8) is 0 Å². The van der Waals surface area contributed by atoms with E-state index in [-0.39, 0.29) is 5.69 Å². The normalized spacial score (nSPS) is 10.1. The SMILES string of the molecule is Cc1ccccc1OC(=O)c1cc(N)sn1. The summed E-state index contributed by atoms with van der Waals surface area (Å²) in [4.78, 5) is 11.6. The molecule has 82 valence electrons. The third-order valence-electron chi connectivity index (χ3n) is 2.03. The molecular weight excluding hydrogens is 224 g/mol. The fourth-order valence-corrected chi connectivity index (χ4v) is 1.70. The molecule has 1 heterocycles. The van der Waals surface area contributed by atoms with Gasteiger partial charge >= 0.3 is 5.97 Å². The zero-order valence-electron chi connectivity index (χ0n) is 8.64. The van der Waals surface area contributed by atoms with Crippen LogP contribution >= 0.6 is 11.5 Å². The Morgan fingerprint density at radius 1 is 1.44 bits per heavy atom. The number of rotatable bonds is 2. The quantitative estimate of drug-likeness (QED) is 0.639. The van der Waals surface area contributed by atoms with E-state index >= 15 is 0 Å². The molecule has 0 saturated heterocycles. The Kier molecular flexibility index (Phi) is 2.87. The van der Waals surface area contributed by atoms with Crippen molar-refractivity contribution in [2.24, 2.45) is 0 Å². The number of nitrogens with two attached hydrogens (primary N) is 1. The molecule has 2 rings (SSSR count). The van der Waals surface area contributed by atoms with Crippen LogP contribution in [0.4, 0.5) is 5.00 Å². The molecule has 0 atom stereocenters. The van der Waals surface area contributed by atoms with E-state index in [1.54, 1.807) is 6.07 Å². The van der Waals surface area contributed by atoms with Gasteiger partial charge in [-0.2, -0.15) is 4.37 Å². The van der Waals surface area contributed by atoms with Crippen molar-refractivity contribution in [2.75, 3.05) is 5.73 Å². The van der Waals surface area contributed by atoms with Crippen molar-refractivity contribution in [1.29, 1.82) is 0 Å². The number of para-hydroxylation sites is 1. The first-order valence-corrected chi connectivity index (χ1v) is 5.44. The highest BCUT2D eigenvalue weighted by Crippen LogP contribution is 2.19. The Hall–Kier alpha value is -1.88. The molecule has 2 aromatic rings. The maximum absolute atomic E-state index is 11.6. The van der Waals surface area contributed by atoms with Gasteiger partial charge in [0.1, 0.15) is 10.8 Å². The molecule has 0 radical (unpaired) electrons. The highest BCUT2D eigenvalue weighted by Gasteiger charge is 2.13. The number of nitrogens with zero attached hydrogens (tertiary/aromatic N) is 1. The maximum Gasteiger partial charge on any atom is 0.363 e. The second-order valence-corrected chi connectivity index (χ2v) is 4.11. The van der Waals surface area contributed by atoms with Crippen molar-refractivity contribution in [1.82, 2.24) is 4.37 Å². The van der Waals surface area contributed by atoms with E-state index in [1.807, 2.05) is 25.1 Å². The van der Waals surface area contributed by atoms with Gasteiger partial charge in [0.25, 0.3) is 0 Å². The minimum Gasteiger partial charge on any atom is -0.421 e. The molecule has 0 amide bonds. The number of anilines is 1. The number of carbonyl (C=O) groups excluding carboxylic acids is 1. The standard InChI is InChI=1S/C11H10N2O2S/c1-7-4-2-3-5-9(7)15-11(14)8-6-10(12)16-13-8/h2-6H,12H2,1H3. The number of esters is 1. The Morgan fingerprint density at radius 3 is 2.81 bits per heavy atom. The number of ether oxygens (including phenoxy) is 1. The summed E-state index contributed by atoms with van der Waals surface area (Å²) in [6, 6.07) is 8.81. The van der Waals surface area contributed by atoms with Crippen LogP contribution in [-0.2, 0) is 0 Å². The first-order valence-electron chi connectivity index (χ1n) is 4.67.